The molecule has 9 aromatic carbocycles. The Morgan fingerprint density at radius 2 is 1.00 bits per heavy atom. The summed E-state index contributed by atoms with van der Waals surface area (Å²) in [6, 6.07) is 73.2. The van der Waals surface area contributed by atoms with E-state index in [0.717, 1.165) is 39.0 Å². The first-order chi connectivity index (χ1) is 27.3. The number of nitrogens with zero attached hydrogens (tertiary/aromatic N) is 1. The van der Waals surface area contributed by atoms with Crippen LogP contribution in [0.2, 0.25) is 0 Å². The van der Waals surface area contributed by atoms with Crippen LogP contribution < -0.4 is 4.90 Å². The normalized spacial score (nSPS) is 13.2. The van der Waals surface area contributed by atoms with Crippen LogP contribution in [0.15, 0.2) is 205 Å². The number of anilines is 3. The second-order valence-corrected chi connectivity index (χ2v) is 14.8. The van der Waals surface area contributed by atoms with Crippen molar-refractivity contribution in [1.82, 2.24) is 0 Å². The van der Waals surface area contributed by atoms with Gasteiger partial charge in [0.1, 0.15) is 11.2 Å². The quantitative estimate of drug-likeness (QED) is 0.182. The molecule has 0 radical (unpaired) electrons. The van der Waals surface area contributed by atoms with Crippen LogP contribution in [0.4, 0.5) is 17.1 Å². The lowest BCUT2D eigenvalue weighted by Gasteiger charge is -2.32. The maximum atomic E-state index is 6.81. The molecule has 0 bridgehead atoms. The highest BCUT2D eigenvalue weighted by Gasteiger charge is 2.52. The Hall–Kier alpha value is -7.16. The predicted octanol–water partition coefficient (Wildman–Crippen LogP) is 14.2. The summed E-state index contributed by atoms with van der Waals surface area (Å²) in [5.41, 5.74) is 17.2. The van der Waals surface area contributed by atoms with Crippen LogP contribution in [0.3, 0.4) is 0 Å². The summed E-state index contributed by atoms with van der Waals surface area (Å²) < 4.78 is 6.81. The minimum absolute atomic E-state index is 0.511. The predicted molar refractivity (Wildman–Crippen MR) is 228 cm³/mol. The van der Waals surface area contributed by atoms with E-state index in [9.17, 15) is 0 Å². The number of furan rings is 1. The van der Waals surface area contributed by atoms with Crippen LogP contribution in [0.1, 0.15) is 22.3 Å². The monoisotopic (exact) mass is 699 g/mol. The summed E-state index contributed by atoms with van der Waals surface area (Å²) in [4.78, 5) is 2.39. The second-order valence-electron chi connectivity index (χ2n) is 14.8. The molecule has 12 rings (SSSR count). The van der Waals surface area contributed by atoms with E-state index in [1.165, 1.54) is 66.4 Å². The molecule has 10 aromatic rings. The molecule has 55 heavy (non-hydrogen) atoms. The molecule has 1 heterocycles. The molecule has 0 amide bonds. The molecule has 0 atom stereocenters. The van der Waals surface area contributed by atoms with Crippen LogP contribution >= 0.6 is 0 Å². The highest BCUT2D eigenvalue weighted by atomic mass is 16.3. The van der Waals surface area contributed by atoms with E-state index >= 15 is 0 Å². The van der Waals surface area contributed by atoms with Crippen molar-refractivity contribution in [3.63, 3.8) is 0 Å². The molecular formula is C53H33NO. The van der Waals surface area contributed by atoms with E-state index in [1.807, 2.05) is 0 Å². The lowest BCUT2D eigenvalue weighted by Crippen LogP contribution is -2.26. The molecule has 2 heteroatoms. The maximum Gasteiger partial charge on any atom is 0.143 e. The molecular weight excluding hydrogens is 667 g/mol. The number of benzene rings is 9. The molecule has 2 aliphatic rings. The van der Waals surface area contributed by atoms with Gasteiger partial charge in [-0.2, -0.15) is 0 Å². The molecule has 1 spiro atoms. The zero-order valence-electron chi connectivity index (χ0n) is 29.9. The van der Waals surface area contributed by atoms with E-state index < -0.39 is 5.41 Å². The molecule has 0 N–H and O–H groups in total. The topological polar surface area (TPSA) is 16.4 Å². The number of fused-ring (bicyclic) bond motifs is 15. The highest BCUT2D eigenvalue weighted by molar-refractivity contribution is 6.13. The summed E-state index contributed by atoms with van der Waals surface area (Å²) in [6.07, 6.45) is 0. The third-order valence-corrected chi connectivity index (χ3v) is 12.1. The Morgan fingerprint density at radius 1 is 0.364 bits per heavy atom. The van der Waals surface area contributed by atoms with Crippen molar-refractivity contribution in [2.75, 3.05) is 4.90 Å². The first kappa shape index (κ1) is 30.3. The van der Waals surface area contributed by atoms with E-state index in [-0.39, 0.29) is 0 Å². The Bertz CT molecular complexity index is 3110. The fourth-order valence-electron chi connectivity index (χ4n) is 9.72. The molecule has 0 saturated heterocycles. The minimum atomic E-state index is -0.511. The van der Waals surface area contributed by atoms with Crippen LogP contribution in [0.5, 0.6) is 0 Å². The molecule has 2 aliphatic carbocycles. The third kappa shape index (κ3) is 4.19. The number of hydrogen-bond donors (Lipinski definition) is 0. The van der Waals surface area contributed by atoms with Crippen molar-refractivity contribution in [2.45, 2.75) is 5.41 Å². The average molecular weight is 700 g/mol. The van der Waals surface area contributed by atoms with Crippen molar-refractivity contribution in [2.24, 2.45) is 0 Å². The standard InChI is InChI=1S/C53H33NO/c1-2-14-38(15-3-1)54(39-26-24-35(25-27-39)37-23-22-34-12-4-5-13-36(34)32-37)40-28-29-45-49(33-40)53(46-19-9-6-16-41(46)42-17-7-10-20-47(42)53)48-31-30-44-43-18-8-11-21-50(43)55-52(44)51(45)48/h1-33H. The molecule has 0 unspecified atom stereocenters. The van der Waals surface area contributed by atoms with Gasteiger partial charge in [0.15, 0.2) is 0 Å². The van der Waals surface area contributed by atoms with E-state index in [1.54, 1.807) is 0 Å². The van der Waals surface area contributed by atoms with Crippen molar-refractivity contribution in [3.05, 3.63) is 222 Å². The van der Waals surface area contributed by atoms with E-state index in [4.69, 9.17) is 4.42 Å². The van der Waals surface area contributed by atoms with Gasteiger partial charge in [0.25, 0.3) is 0 Å². The number of rotatable bonds is 4. The Labute approximate surface area is 319 Å². The molecule has 0 fully saturated rings. The number of hydrogen-bond acceptors (Lipinski definition) is 2. The van der Waals surface area contributed by atoms with Gasteiger partial charge in [-0.1, -0.05) is 152 Å². The fourth-order valence-corrected chi connectivity index (χ4v) is 9.72. The SMILES string of the molecule is c1ccc(N(c2ccc(-c3ccc4ccccc4c3)cc2)c2ccc3c(c2)C2(c4ccccc4-c4ccccc42)c2ccc4c(oc5ccccc54)c2-3)cc1. The molecule has 1 aromatic heterocycles. The fraction of sp³-hybridized carbons (Fsp3) is 0.0189. The lowest BCUT2D eigenvalue weighted by molar-refractivity contribution is 0.669. The van der Waals surface area contributed by atoms with Gasteiger partial charge in [0, 0.05) is 33.4 Å². The van der Waals surface area contributed by atoms with Gasteiger partial charge in [-0.05, 0) is 109 Å². The van der Waals surface area contributed by atoms with Gasteiger partial charge in [0.05, 0.1) is 5.41 Å². The molecule has 2 nitrogen and oxygen atoms in total. The van der Waals surface area contributed by atoms with Crippen LogP contribution in [0.25, 0.3) is 66.1 Å². The number of para-hydroxylation sites is 2. The Kier molecular flexibility index (Phi) is 6.29. The molecule has 256 valence electrons. The van der Waals surface area contributed by atoms with Crippen LogP contribution in [-0.4, -0.2) is 0 Å². The maximum absolute atomic E-state index is 6.81. The zero-order valence-corrected chi connectivity index (χ0v) is 29.9. The van der Waals surface area contributed by atoms with Gasteiger partial charge in [0.2, 0.25) is 0 Å². The molecule has 0 aliphatic heterocycles. The summed E-state index contributed by atoms with van der Waals surface area (Å²) in [7, 11) is 0. The summed E-state index contributed by atoms with van der Waals surface area (Å²) in [5.74, 6) is 0. The van der Waals surface area contributed by atoms with Gasteiger partial charge in [-0.3, -0.25) is 0 Å². The summed E-state index contributed by atoms with van der Waals surface area (Å²) >= 11 is 0. The first-order valence-corrected chi connectivity index (χ1v) is 19.0. The summed E-state index contributed by atoms with van der Waals surface area (Å²) in [6.45, 7) is 0. The van der Waals surface area contributed by atoms with Crippen LogP contribution in [0, 0.1) is 0 Å². The van der Waals surface area contributed by atoms with Gasteiger partial charge < -0.3 is 9.32 Å². The zero-order chi connectivity index (χ0) is 36.1. The van der Waals surface area contributed by atoms with Crippen molar-refractivity contribution in [1.29, 1.82) is 0 Å². The van der Waals surface area contributed by atoms with Gasteiger partial charge in [-0.15, -0.1) is 0 Å². The Morgan fingerprint density at radius 3 is 1.80 bits per heavy atom. The van der Waals surface area contributed by atoms with E-state index in [2.05, 4.69) is 205 Å². The van der Waals surface area contributed by atoms with Crippen LogP contribution in [-0.2, 0) is 5.41 Å². The van der Waals surface area contributed by atoms with Crippen molar-refractivity contribution in [3.8, 4) is 33.4 Å². The Balaban J connectivity index is 1.10. The molecule has 0 saturated carbocycles. The van der Waals surface area contributed by atoms with Gasteiger partial charge in [-0.25, -0.2) is 0 Å². The largest absolute Gasteiger partial charge is 0.455 e. The highest BCUT2D eigenvalue weighted by Crippen LogP contribution is 2.64. The summed E-state index contributed by atoms with van der Waals surface area (Å²) in [5, 5.41) is 4.80. The van der Waals surface area contributed by atoms with Gasteiger partial charge >= 0.3 is 0 Å². The van der Waals surface area contributed by atoms with Crippen molar-refractivity contribution >= 4 is 49.8 Å². The van der Waals surface area contributed by atoms with E-state index in [0.29, 0.717) is 0 Å². The van der Waals surface area contributed by atoms with Crippen molar-refractivity contribution < 1.29 is 4.42 Å². The lowest BCUT2D eigenvalue weighted by atomic mass is 9.70. The second kappa shape index (κ2) is 11.4. The first-order valence-electron chi connectivity index (χ1n) is 19.0. The average Bonchev–Trinajstić information content (AvgIpc) is 3.88. The third-order valence-electron chi connectivity index (χ3n) is 12.1. The smallest absolute Gasteiger partial charge is 0.143 e. The minimum Gasteiger partial charge on any atom is -0.455 e.